The molecule has 0 fully saturated rings. The van der Waals surface area contributed by atoms with Crippen LogP contribution < -0.4 is 10.6 Å². The molecule has 0 aliphatic rings. The van der Waals surface area contributed by atoms with Crippen molar-refractivity contribution in [2.45, 2.75) is 53.4 Å². The number of hydrogen-bond donors (Lipinski definition) is 2. The van der Waals surface area contributed by atoms with Gasteiger partial charge in [0.1, 0.15) is 0 Å². The zero-order valence-electron chi connectivity index (χ0n) is 14.3. The summed E-state index contributed by atoms with van der Waals surface area (Å²) in [6.07, 6.45) is 4.67. The first-order chi connectivity index (χ1) is 10.1. The zero-order chi connectivity index (χ0) is 15.5. The number of aryl methyl sites for hydroxylation is 1. The Bertz CT molecular complexity index is 418. The van der Waals surface area contributed by atoms with Gasteiger partial charge in [-0.15, -0.1) is 35.3 Å². The zero-order valence-corrected chi connectivity index (χ0v) is 17.5. The number of nitrogens with one attached hydrogen (secondary N) is 2. The Kier molecular flexibility index (Phi) is 12.9. The number of rotatable bonds is 9. The highest BCUT2D eigenvalue weighted by Crippen LogP contribution is 2.08. The Balaban J connectivity index is 0.00000441. The fourth-order valence-corrected chi connectivity index (χ4v) is 2.68. The number of aliphatic imine (C=N–C) groups is 1. The van der Waals surface area contributed by atoms with Gasteiger partial charge in [0.05, 0.1) is 10.7 Å². The van der Waals surface area contributed by atoms with Gasteiger partial charge < -0.3 is 10.6 Å². The van der Waals surface area contributed by atoms with Crippen molar-refractivity contribution in [3.63, 3.8) is 0 Å². The largest absolute Gasteiger partial charge is 0.357 e. The van der Waals surface area contributed by atoms with Crippen LogP contribution in [0.1, 0.15) is 50.7 Å². The lowest BCUT2D eigenvalue weighted by Gasteiger charge is -2.10. The van der Waals surface area contributed by atoms with Crippen molar-refractivity contribution in [1.82, 2.24) is 15.6 Å². The molecular weight excluding hydrogens is 407 g/mol. The summed E-state index contributed by atoms with van der Waals surface area (Å²) in [4.78, 5) is 9.10. The van der Waals surface area contributed by atoms with Gasteiger partial charge in [-0.25, -0.2) is 4.98 Å². The quantitative estimate of drug-likeness (QED) is 0.265. The van der Waals surface area contributed by atoms with Crippen molar-refractivity contribution in [2.24, 2.45) is 10.9 Å². The molecule has 0 spiro atoms. The van der Waals surface area contributed by atoms with E-state index < -0.39 is 0 Å². The molecule has 0 saturated heterocycles. The molecule has 22 heavy (non-hydrogen) atoms. The predicted octanol–water partition coefficient (Wildman–Crippen LogP) is 3.99. The summed E-state index contributed by atoms with van der Waals surface area (Å²) < 4.78 is 0. The van der Waals surface area contributed by atoms with Crippen LogP contribution in [0.25, 0.3) is 0 Å². The number of guanidine groups is 1. The third kappa shape index (κ3) is 10.4. The monoisotopic (exact) mass is 438 g/mol. The maximum absolute atomic E-state index is 4.62. The minimum atomic E-state index is 0. The van der Waals surface area contributed by atoms with E-state index >= 15 is 0 Å². The number of thiazole rings is 1. The molecule has 6 heteroatoms. The van der Waals surface area contributed by atoms with E-state index in [9.17, 15) is 0 Å². The highest BCUT2D eigenvalue weighted by molar-refractivity contribution is 14.0. The number of unbranched alkanes of at least 4 members (excludes halogenated alkanes) is 1. The molecule has 0 amide bonds. The van der Waals surface area contributed by atoms with Gasteiger partial charge in [-0.05, 0) is 26.2 Å². The molecule has 1 rings (SSSR count). The second-order valence-electron chi connectivity index (χ2n) is 5.68. The van der Waals surface area contributed by atoms with Crippen molar-refractivity contribution < 1.29 is 0 Å². The third-order valence-electron chi connectivity index (χ3n) is 3.14. The first-order valence-electron chi connectivity index (χ1n) is 8.05. The Morgan fingerprint density at radius 1 is 1.32 bits per heavy atom. The fraction of sp³-hybridized carbons (Fsp3) is 0.750. The summed E-state index contributed by atoms with van der Waals surface area (Å²) >= 11 is 1.71. The van der Waals surface area contributed by atoms with Crippen LogP contribution in [0, 0.1) is 12.8 Å². The SMILES string of the molecule is CCNC(=NCCCCC(C)C)NCCc1csc(C)n1.I. The first-order valence-corrected chi connectivity index (χ1v) is 8.93. The molecule has 0 saturated carbocycles. The van der Waals surface area contributed by atoms with Crippen LogP contribution in [-0.2, 0) is 6.42 Å². The third-order valence-corrected chi connectivity index (χ3v) is 3.97. The molecule has 1 aromatic heterocycles. The summed E-state index contributed by atoms with van der Waals surface area (Å²) in [6, 6.07) is 0. The number of hydrogen-bond acceptors (Lipinski definition) is 3. The summed E-state index contributed by atoms with van der Waals surface area (Å²) in [7, 11) is 0. The van der Waals surface area contributed by atoms with E-state index in [4.69, 9.17) is 0 Å². The molecule has 0 aliphatic carbocycles. The second-order valence-corrected chi connectivity index (χ2v) is 6.75. The van der Waals surface area contributed by atoms with Crippen molar-refractivity contribution in [3.05, 3.63) is 16.1 Å². The average molecular weight is 438 g/mol. The van der Waals surface area contributed by atoms with E-state index in [2.05, 4.69) is 46.8 Å². The molecule has 0 radical (unpaired) electrons. The van der Waals surface area contributed by atoms with Crippen LogP contribution in [-0.4, -0.2) is 30.6 Å². The first kappa shape index (κ1) is 21.6. The van der Waals surface area contributed by atoms with Crippen molar-refractivity contribution in [3.8, 4) is 0 Å². The van der Waals surface area contributed by atoms with Gasteiger partial charge in [0.25, 0.3) is 0 Å². The molecule has 0 atom stereocenters. The van der Waals surface area contributed by atoms with Crippen LogP contribution in [0.3, 0.4) is 0 Å². The number of aromatic nitrogens is 1. The average Bonchev–Trinajstić information content (AvgIpc) is 2.83. The smallest absolute Gasteiger partial charge is 0.191 e. The van der Waals surface area contributed by atoms with E-state index in [1.807, 2.05) is 6.92 Å². The predicted molar refractivity (Wildman–Crippen MR) is 109 cm³/mol. The lowest BCUT2D eigenvalue weighted by molar-refractivity contribution is 0.541. The molecule has 0 aromatic carbocycles. The van der Waals surface area contributed by atoms with Gasteiger partial charge in [-0.1, -0.05) is 26.7 Å². The Hall–Kier alpha value is -0.370. The van der Waals surface area contributed by atoms with E-state index in [1.54, 1.807) is 11.3 Å². The number of nitrogens with zero attached hydrogens (tertiary/aromatic N) is 2. The van der Waals surface area contributed by atoms with Gasteiger partial charge in [-0.3, -0.25) is 4.99 Å². The van der Waals surface area contributed by atoms with E-state index in [-0.39, 0.29) is 24.0 Å². The molecule has 128 valence electrons. The highest BCUT2D eigenvalue weighted by atomic mass is 127. The number of halogens is 1. The molecule has 0 bridgehead atoms. The fourth-order valence-electron chi connectivity index (χ4n) is 2.03. The maximum atomic E-state index is 4.62. The van der Waals surface area contributed by atoms with Crippen molar-refractivity contribution in [2.75, 3.05) is 19.6 Å². The van der Waals surface area contributed by atoms with Crippen molar-refractivity contribution in [1.29, 1.82) is 0 Å². The lowest BCUT2D eigenvalue weighted by Crippen LogP contribution is -2.38. The van der Waals surface area contributed by atoms with Crippen LogP contribution >= 0.6 is 35.3 Å². The van der Waals surface area contributed by atoms with Gasteiger partial charge in [0, 0.05) is 31.4 Å². The normalized spacial score (nSPS) is 11.4. The molecule has 2 N–H and O–H groups in total. The second kappa shape index (κ2) is 13.1. The van der Waals surface area contributed by atoms with Gasteiger partial charge in [0.2, 0.25) is 0 Å². The van der Waals surface area contributed by atoms with Gasteiger partial charge >= 0.3 is 0 Å². The Morgan fingerprint density at radius 2 is 2.09 bits per heavy atom. The van der Waals surface area contributed by atoms with Gasteiger partial charge in [0.15, 0.2) is 5.96 Å². The van der Waals surface area contributed by atoms with Crippen LogP contribution in [0.2, 0.25) is 0 Å². The van der Waals surface area contributed by atoms with Crippen molar-refractivity contribution >= 4 is 41.3 Å². The minimum absolute atomic E-state index is 0. The van der Waals surface area contributed by atoms with E-state index in [1.165, 1.54) is 19.3 Å². The lowest BCUT2D eigenvalue weighted by atomic mass is 10.1. The highest BCUT2D eigenvalue weighted by Gasteiger charge is 2.00. The van der Waals surface area contributed by atoms with Crippen LogP contribution in [0.5, 0.6) is 0 Å². The van der Waals surface area contributed by atoms with Gasteiger partial charge in [-0.2, -0.15) is 0 Å². The molecule has 0 aliphatic heterocycles. The minimum Gasteiger partial charge on any atom is -0.357 e. The standard InChI is InChI=1S/C16H30N4S.HI/c1-5-17-16(18-10-7-6-8-13(2)3)19-11-9-15-12-21-14(4)20-15;/h12-13H,5-11H2,1-4H3,(H2,17,18,19);1H. The Labute approximate surface area is 156 Å². The topological polar surface area (TPSA) is 49.3 Å². The van der Waals surface area contributed by atoms with E-state index in [0.717, 1.165) is 48.6 Å². The van der Waals surface area contributed by atoms with Crippen LogP contribution in [0.4, 0.5) is 0 Å². The molecule has 1 aromatic rings. The summed E-state index contributed by atoms with van der Waals surface area (Å²) in [5, 5.41) is 9.94. The summed E-state index contributed by atoms with van der Waals surface area (Å²) in [5.41, 5.74) is 1.16. The summed E-state index contributed by atoms with van der Waals surface area (Å²) in [5.74, 6) is 1.72. The molecular formula is C16H31IN4S. The summed E-state index contributed by atoms with van der Waals surface area (Å²) in [6.45, 7) is 11.4. The van der Waals surface area contributed by atoms with Crippen LogP contribution in [0.15, 0.2) is 10.4 Å². The molecule has 1 heterocycles. The Morgan fingerprint density at radius 3 is 2.68 bits per heavy atom. The maximum Gasteiger partial charge on any atom is 0.191 e. The molecule has 0 unspecified atom stereocenters. The van der Waals surface area contributed by atoms with E-state index in [0.29, 0.717) is 0 Å². The molecule has 4 nitrogen and oxygen atoms in total.